The van der Waals surface area contributed by atoms with Crippen LogP contribution >= 0.6 is 0 Å². The Balaban J connectivity index is 1.41. The van der Waals surface area contributed by atoms with Gasteiger partial charge in [-0.05, 0) is 41.7 Å². The van der Waals surface area contributed by atoms with Gasteiger partial charge in [0.2, 0.25) is 5.91 Å². The Morgan fingerprint density at radius 3 is 2.29 bits per heavy atom. The van der Waals surface area contributed by atoms with Gasteiger partial charge in [0.05, 0.1) is 12.5 Å². The molecular formula is C27H26N2O2. The lowest BCUT2D eigenvalue weighted by molar-refractivity contribution is -0.133. The molecule has 4 nitrogen and oxygen atoms in total. The molecule has 0 fully saturated rings. The second-order valence-electron chi connectivity index (χ2n) is 8.55. The average molecular weight is 411 g/mol. The molecule has 31 heavy (non-hydrogen) atoms. The molecule has 5 rings (SSSR count). The largest absolute Gasteiger partial charge is 0.338 e. The van der Waals surface area contributed by atoms with Crippen LogP contribution in [0.3, 0.4) is 0 Å². The standard InChI is InChI=1S/C27H26N2O2/c1-19-10-12-21(13-11-19)25(29-18-23-8-4-5-9-24(23)27(29)31)16-26(30)28-15-14-20-6-2-3-7-22(20)17-28/h2-13,25H,14-18H2,1H3/t25-/m1/s1. The van der Waals surface area contributed by atoms with Crippen LogP contribution < -0.4 is 0 Å². The van der Waals surface area contributed by atoms with Gasteiger partial charge in [-0.15, -0.1) is 0 Å². The summed E-state index contributed by atoms with van der Waals surface area (Å²) < 4.78 is 0. The van der Waals surface area contributed by atoms with Crippen LogP contribution in [-0.2, 0) is 24.3 Å². The van der Waals surface area contributed by atoms with Crippen LogP contribution in [0.1, 0.15) is 50.6 Å². The topological polar surface area (TPSA) is 40.6 Å². The smallest absolute Gasteiger partial charge is 0.255 e. The van der Waals surface area contributed by atoms with E-state index in [0.29, 0.717) is 19.5 Å². The first-order chi connectivity index (χ1) is 15.1. The number of hydrogen-bond acceptors (Lipinski definition) is 2. The lowest BCUT2D eigenvalue weighted by Gasteiger charge is -2.33. The number of carbonyl (C=O) groups is 2. The number of fused-ring (bicyclic) bond motifs is 2. The predicted molar refractivity (Wildman–Crippen MR) is 120 cm³/mol. The van der Waals surface area contributed by atoms with Crippen molar-refractivity contribution in [3.63, 3.8) is 0 Å². The molecule has 2 aliphatic heterocycles. The molecule has 2 amide bonds. The minimum Gasteiger partial charge on any atom is -0.338 e. The Morgan fingerprint density at radius 1 is 0.871 bits per heavy atom. The maximum atomic E-state index is 13.4. The minimum atomic E-state index is -0.273. The molecule has 156 valence electrons. The van der Waals surface area contributed by atoms with E-state index >= 15 is 0 Å². The molecule has 0 saturated carbocycles. The summed E-state index contributed by atoms with van der Waals surface area (Å²) in [4.78, 5) is 30.4. The van der Waals surface area contributed by atoms with E-state index in [2.05, 4.69) is 42.5 Å². The van der Waals surface area contributed by atoms with E-state index in [-0.39, 0.29) is 17.9 Å². The van der Waals surface area contributed by atoms with Crippen molar-refractivity contribution in [1.29, 1.82) is 0 Å². The van der Waals surface area contributed by atoms with Crippen molar-refractivity contribution in [2.24, 2.45) is 0 Å². The molecule has 1 atom stereocenters. The highest BCUT2D eigenvalue weighted by Crippen LogP contribution is 2.34. The van der Waals surface area contributed by atoms with Gasteiger partial charge in [0.25, 0.3) is 5.91 Å². The quantitative estimate of drug-likeness (QED) is 0.627. The molecule has 0 saturated heterocycles. The number of benzene rings is 3. The third-order valence-corrected chi connectivity index (χ3v) is 6.54. The number of carbonyl (C=O) groups excluding carboxylic acids is 2. The van der Waals surface area contributed by atoms with E-state index in [1.165, 1.54) is 11.1 Å². The molecule has 4 heteroatoms. The van der Waals surface area contributed by atoms with Crippen LogP contribution in [-0.4, -0.2) is 28.2 Å². The van der Waals surface area contributed by atoms with Gasteiger partial charge in [0.15, 0.2) is 0 Å². The highest BCUT2D eigenvalue weighted by Gasteiger charge is 2.35. The molecule has 0 aromatic heterocycles. The summed E-state index contributed by atoms with van der Waals surface area (Å²) in [5, 5.41) is 0. The Labute approximate surface area is 183 Å². The molecule has 0 radical (unpaired) electrons. The average Bonchev–Trinajstić information content (AvgIpc) is 3.14. The Hall–Kier alpha value is -3.40. The van der Waals surface area contributed by atoms with Crippen molar-refractivity contribution in [2.45, 2.75) is 38.9 Å². The summed E-state index contributed by atoms with van der Waals surface area (Å²) >= 11 is 0. The zero-order valence-electron chi connectivity index (χ0n) is 17.8. The first-order valence-corrected chi connectivity index (χ1v) is 10.9. The summed E-state index contributed by atoms with van der Waals surface area (Å²) in [5.74, 6) is 0.113. The number of rotatable bonds is 4. The second-order valence-corrected chi connectivity index (χ2v) is 8.55. The molecule has 0 spiro atoms. The summed E-state index contributed by atoms with van der Waals surface area (Å²) in [6, 6.07) is 24.0. The van der Waals surface area contributed by atoms with Crippen LogP contribution in [0, 0.1) is 6.92 Å². The highest BCUT2D eigenvalue weighted by molar-refractivity contribution is 5.98. The number of amides is 2. The van der Waals surface area contributed by atoms with Crippen LogP contribution in [0.15, 0.2) is 72.8 Å². The molecule has 0 unspecified atom stereocenters. The van der Waals surface area contributed by atoms with Gasteiger partial charge >= 0.3 is 0 Å². The third-order valence-electron chi connectivity index (χ3n) is 6.54. The minimum absolute atomic E-state index is 0.0120. The fraction of sp³-hybridized carbons (Fsp3) is 0.259. The van der Waals surface area contributed by atoms with E-state index in [4.69, 9.17) is 0 Å². The van der Waals surface area contributed by atoms with E-state index < -0.39 is 0 Å². The molecular weight excluding hydrogens is 384 g/mol. The zero-order valence-corrected chi connectivity index (χ0v) is 17.8. The molecule has 0 bridgehead atoms. The van der Waals surface area contributed by atoms with Crippen LogP contribution in [0.2, 0.25) is 0 Å². The summed E-state index contributed by atoms with van der Waals surface area (Å²) in [7, 11) is 0. The Bertz CT molecular complexity index is 1140. The molecule has 2 aliphatic rings. The van der Waals surface area contributed by atoms with Crippen LogP contribution in [0.4, 0.5) is 0 Å². The summed E-state index contributed by atoms with van der Waals surface area (Å²) in [6.07, 6.45) is 1.18. The van der Waals surface area contributed by atoms with Gasteiger partial charge in [-0.3, -0.25) is 9.59 Å². The van der Waals surface area contributed by atoms with Gasteiger partial charge in [-0.25, -0.2) is 0 Å². The lowest BCUT2D eigenvalue weighted by atomic mass is 9.97. The second kappa shape index (κ2) is 8.03. The van der Waals surface area contributed by atoms with Crippen molar-refractivity contribution >= 4 is 11.8 Å². The van der Waals surface area contributed by atoms with Crippen LogP contribution in [0.5, 0.6) is 0 Å². The Kier molecular flexibility index (Phi) is 5.06. The molecule has 0 aliphatic carbocycles. The Morgan fingerprint density at radius 2 is 1.55 bits per heavy atom. The maximum Gasteiger partial charge on any atom is 0.255 e. The SMILES string of the molecule is Cc1ccc([C@@H](CC(=O)N2CCc3ccccc3C2)N2Cc3ccccc3C2=O)cc1. The number of nitrogens with zero attached hydrogens (tertiary/aromatic N) is 2. The van der Waals surface area contributed by atoms with E-state index in [1.54, 1.807) is 0 Å². The highest BCUT2D eigenvalue weighted by atomic mass is 16.2. The van der Waals surface area contributed by atoms with Crippen molar-refractivity contribution in [2.75, 3.05) is 6.54 Å². The molecule has 3 aromatic rings. The van der Waals surface area contributed by atoms with Crippen molar-refractivity contribution < 1.29 is 9.59 Å². The van der Waals surface area contributed by atoms with Crippen LogP contribution in [0.25, 0.3) is 0 Å². The predicted octanol–water partition coefficient (Wildman–Crippen LogP) is 4.67. The van der Waals surface area contributed by atoms with Gasteiger partial charge in [-0.1, -0.05) is 72.3 Å². The molecule has 0 N–H and O–H groups in total. The fourth-order valence-electron chi connectivity index (χ4n) is 4.73. The monoisotopic (exact) mass is 410 g/mol. The normalized spacial score (nSPS) is 16.1. The zero-order chi connectivity index (χ0) is 21.4. The molecule has 2 heterocycles. The number of aryl methyl sites for hydroxylation is 1. The van der Waals surface area contributed by atoms with Gasteiger partial charge in [0, 0.05) is 25.2 Å². The lowest BCUT2D eigenvalue weighted by Crippen LogP contribution is -2.39. The first-order valence-electron chi connectivity index (χ1n) is 10.9. The summed E-state index contributed by atoms with van der Waals surface area (Å²) in [6.45, 7) is 3.96. The van der Waals surface area contributed by atoms with Crippen molar-refractivity contribution in [3.05, 3.63) is 106 Å². The van der Waals surface area contributed by atoms with E-state index in [1.807, 2.05) is 47.1 Å². The molecule has 3 aromatic carbocycles. The van der Waals surface area contributed by atoms with Gasteiger partial charge in [0.1, 0.15) is 0 Å². The fourth-order valence-corrected chi connectivity index (χ4v) is 4.73. The summed E-state index contributed by atoms with van der Waals surface area (Å²) in [5.41, 5.74) is 6.50. The first kappa shape index (κ1) is 19.6. The number of hydrogen-bond donors (Lipinski definition) is 0. The van der Waals surface area contributed by atoms with Crippen molar-refractivity contribution in [3.8, 4) is 0 Å². The van der Waals surface area contributed by atoms with Gasteiger partial charge < -0.3 is 9.80 Å². The van der Waals surface area contributed by atoms with E-state index in [0.717, 1.165) is 35.2 Å². The van der Waals surface area contributed by atoms with Crippen molar-refractivity contribution in [1.82, 2.24) is 9.80 Å². The third kappa shape index (κ3) is 3.74. The van der Waals surface area contributed by atoms with Gasteiger partial charge in [-0.2, -0.15) is 0 Å². The maximum absolute atomic E-state index is 13.4. The van der Waals surface area contributed by atoms with E-state index in [9.17, 15) is 9.59 Å².